The lowest BCUT2D eigenvalue weighted by Gasteiger charge is -2.20. The third-order valence-corrected chi connectivity index (χ3v) is 1.66. The van der Waals surface area contributed by atoms with Crippen LogP contribution in [0.15, 0.2) is 0 Å². The Labute approximate surface area is 90.6 Å². The molecular weight excluding hydrogens is 196 g/mol. The average molecular weight is 216 g/mol. The SMILES string of the molecule is COC(C)C(=O)NCC(=O)NC(C)(C)C. The summed E-state index contributed by atoms with van der Waals surface area (Å²) in [5.74, 6) is -0.499. The summed E-state index contributed by atoms with van der Waals surface area (Å²) >= 11 is 0. The van der Waals surface area contributed by atoms with Crippen molar-refractivity contribution < 1.29 is 14.3 Å². The Balaban J connectivity index is 3.87. The lowest BCUT2D eigenvalue weighted by Crippen LogP contribution is -2.47. The second-order valence-electron chi connectivity index (χ2n) is 4.39. The Morgan fingerprint density at radius 3 is 2.27 bits per heavy atom. The quantitative estimate of drug-likeness (QED) is 0.698. The number of methoxy groups -OCH3 is 1. The Bertz CT molecular complexity index is 233. The van der Waals surface area contributed by atoms with E-state index < -0.39 is 6.10 Å². The molecule has 5 nitrogen and oxygen atoms in total. The first-order valence-corrected chi connectivity index (χ1v) is 4.88. The van der Waals surface area contributed by atoms with Gasteiger partial charge in [0.15, 0.2) is 0 Å². The number of nitrogens with one attached hydrogen (secondary N) is 2. The fourth-order valence-electron chi connectivity index (χ4n) is 0.881. The Kier molecular flexibility index (Phi) is 5.28. The number of hydrogen-bond donors (Lipinski definition) is 2. The van der Waals surface area contributed by atoms with Crippen molar-refractivity contribution in [3.8, 4) is 0 Å². The van der Waals surface area contributed by atoms with Gasteiger partial charge in [-0.3, -0.25) is 9.59 Å². The molecular formula is C10H20N2O3. The number of carbonyl (C=O) groups is 2. The zero-order valence-electron chi connectivity index (χ0n) is 10.0. The van der Waals surface area contributed by atoms with Crippen LogP contribution in [0.5, 0.6) is 0 Å². The summed E-state index contributed by atoms with van der Waals surface area (Å²) < 4.78 is 4.80. The zero-order valence-corrected chi connectivity index (χ0v) is 10.0. The first-order chi connectivity index (χ1) is 6.76. The van der Waals surface area contributed by atoms with Crippen molar-refractivity contribution in [2.24, 2.45) is 0 Å². The van der Waals surface area contributed by atoms with E-state index in [2.05, 4.69) is 10.6 Å². The molecule has 0 fully saturated rings. The largest absolute Gasteiger partial charge is 0.372 e. The van der Waals surface area contributed by atoms with E-state index in [1.807, 2.05) is 20.8 Å². The van der Waals surface area contributed by atoms with Gasteiger partial charge in [0.05, 0.1) is 6.54 Å². The number of rotatable bonds is 4. The highest BCUT2D eigenvalue weighted by Gasteiger charge is 2.16. The van der Waals surface area contributed by atoms with Gasteiger partial charge in [-0.2, -0.15) is 0 Å². The van der Waals surface area contributed by atoms with Gasteiger partial charge in [0.2, 0.25) is 11.8 Å². The zero-order chi connectivity index (χ0) is 12.1. The lowest BCUT2D eigenvalue weighted by atomic mass is 10.1. The molecule has 2 amide bonds. The van der Waals surface area contributed by atoms with Gasteiger partial charge < -0.3 is 15.4 Å². The van der Waals surface area contributed by atoms with Crippen LogP contribution < -0.4 is 10.6 Å². The molecule has 0 aromatic carbocycles. The average Bonchev–Trinajstić information content (AvgIpc) is 2.10. The molecule has 2 N–H and O–H groups in total. The van der Waals surface area contributed by atoms with Crippen molar-refractivity contribution in [3.63, 3.8) is 0 Å². The molecule has 0 bridgehead atoms. The van der Waals surface area contributed by atoms with Crippen LogP contribution in [0.4, 0.5) is 0 Å². The Morgan fingerprint density at radius 2 is 1.87 bits per heavy atom. The van der Waals surface area contributed by atoms with E-state index in [-0.39, 0.29) is 23.9 Å². The summed E-state index contributed by atoms with van der Waals surface area (Å²) in [6.07, 6.45) is -0.535. The van der Waals surface area contributed by atoms with Crippen molar-refractivity contribution in [3.05, 3.63) is 0 Å². The summed E-state index contributed by atoms with van der Waals surface area (Å²) in [5, 5.41) is 5.22. The highest BCUT2D eigenvalue weighted by Crippen LogP contribution is 1.97. The molecule has 0 aliphatic heterocycles. The Hall–Kier alpha value is -1.10. The fraction of sp³-hybridized carbons (Fsp3) is 0.800. The van der Waals surface area contributed by atoms with E-state index in [9.17, 15) is 9.59 Å². The molecule has 0 aliphatic rings. The molecule has 1 atom stereocenters. The molecule has 0 rings (SSSR count). The van der Waals surface area contributed by atoms with E-state index in [1.54, 1.807) is 6.92 Å². The van der Waals surface area contributed by atoms with Crippen LogP contribution in [0.3, 0.4) is 0 Å². The van der Waals surface area contributed by atoms with Crippen LogP contribution in [0.1, 0.15) is 27.7 Å². The van der Waals surface area contributed by atoms with Gasteiger partial charge in [-0.1, -0.05) is 0 Å². The molecule has 15 heavy (non-hydrogen) atoms. The topological polar surface area (TPSA) is 67.4 Å². The molecule has 0 saturated carbocycles. The summed E-state index contributed by atoms with van der Waals surface area (Å²) in [6.45, 7) is 7.24. The van der Waals surface area contributed by atoms with Crippen LogP contribution in [0, 0.1) is 0 Å². The third-order valence-electron chi connectivity index (χ3n) is 1.66. The minimum atomic E-state index is -0.535. The maximum absolute atomic E-state index is 11.3. The van der Waals surface area contributed by atoms with Crippen LogP contribution >= 0.6 is 0 Å². The summed E-state index contributed by atoms with van der Waals surface area (Å²) in [4.78, 5) is 22.5. The van der Waals surface area contributed by atoms with Crippen molar-refractivity contribution in [2.75, 3.05) is 13.7 Å². The van der Waals surface area contributed by atoms with Gasteiger partial charge in [-0.25, -0.2) is 0 Å². The Morgan fingerprint density at radius 1 is 1.33 bits per heavy atom. The molecule has 0 saturated heterocycles. The maximum Gasteiger partial charge on any atom is 0.249 e. The molecule has 0 spiro atoms. The molecule has 5 heteroatoms. The van der Waals surface area contributed by atoms with Crippen LogP contribution in [-0.2, 0) is 14.3 Å². The van der Waals surface area contributed by atoms with E-state index in [0.29, 0.717) is 0 Å². The van der Waals surface area contributed by atoms with Crippen molar-refractivity contribution >= 4 is 11.8 Å². The van der Waals surface area contributed by atoms with Gasteiger partial charge >= 0.3 is 0 Å². The number of ether oxygens (including phenoxy) is 1. The van der Waals surface area contributed by atoms with E-state index in [4.69, 9.17) is 4.74 Å². The highest BCUT2D eigenvalue weighted by atomic mass is 16.5. The van der Waals surface area contributed by atoms with Crippen molar-refractivity contribution in [2.45, 2.75) is 39.3 Å². The first kappa shape index (κ1) is 13.9. The molecule has 0 aromatic heterocycles. The number of amides is 2. The third kappa shape index (κ3) is 6.90. The summed E-state index contributed by atoms with van der Waals surface area (Å²) in [5.41, 5.74) is -0.283. The lowest BCUT2D eigenvalue weighted by molar-refractivity contribution is -0.132. The normalized spacial score (nSPS) is 13.1. The molecule has 0 radical (unpaired) electrons. The van der Waals surface area contributed by atoms with Gasteiger partial charge in [0.1, 0.15) is 6.10 Å². The highest BCUT2D eigenvalue weighted by molar-refractivity contribution is 5.86. The van der Waals surface area contributed by atoms with E-state index in [1.165, 1.54) is 7.11 Å². The second-order valence-corrected chi connectivity index (χ2v) is 4.39. The van der Waals surface area contributed by atoms with Gasteiger partial charge in [-0.05, 0) is 27.7 Å². The fourth-order valence-corrected chi connectivity index (χ4v) is 0.881. The first-order valence-electron chi connectivity index (χ1n) is 4.88. The standard InChI is InChI=1S/C10H20N2O3/c1-7(15-5)9(14)11-6-8(13)12-10(2,3)4/h7H,6H2,1-5H3,(H,11,14)(H,12,13). The molecule has 0 heterocycles. The van der Waals surface area contributed by atoms with Gasteiger partial charge in [-0.15, -0.1) is 0 Å². The molecule has 0 aromatic rings. The molecule has 1 unspecified atom stereocenters. The van der Waals surface area contributed by atoms with Crippen LogP contribution in [0.25, 0.3) is 0 Å². The predicted molar refractivity (Wildman–Crippen MR) is 57.4 cm³/mol. The maximum atomic E-state index is 11.3. The monoisotopic (exact) mass is 216 g/mol. The molecule has 88 valence electrons. The predicted octanol–water partition coefficient (Wildman–Crippen LogP) is 0.0522. The van der Waals surface area contributed by atoms with Crippen LogP contribution in [-0.4, -0.2) is 37.1 Å². The van der Waals surface area contributed by atoms with Gasteiger partial charge in [0.25, 0.3) is 0 Å². The summed E-state index contributed by atoms with van der Waals surface area (Å²) in [7, 11) is 1.44. The van der Waals surface area contributed by atoms with Crippen molar-refractivity contribution in [1.29, 1.82) is 0 Å². The summed E-state index contributed by atoms with van der Waals surface area (Å²) in [6, 6.07) is 0. The smallest absolute Gasteiger partial charge is 0.249 e. The number of hydrogen-bond acceptors (Lipinski definition) is 3. The van der Waals surface area contributed by atoms with E-state index in [0.717, 1.165) is 0 Å². The van der Waals surface area contributed by atoms with Crippen molar-refractivity contribution in [1.82, 2.24) is 10.6 Å². The molecule has 0 aliphatic carbocycles. The van der Waals surface area contributed by atoms with Gasteiger partial charge in [0, 0.05) is 12.6 Å². The number of carbonyl (C=O) groups excluding carboxylic acids is 2. The minimum Gasteiger partial charge on any atom is -0.372 e. The van der Waals surface area contributed by atoms with E-state index >= 15 is 0 Å². The second kappa shape index (κ2) is 5.70. The van der Waals surface area contributed by atoms with Crippen LogP contribution in [0.2, 0.25) is 0 Å². The minimum absolute atomic E-state index is 0.0240.